The van der Waals surface area contributed by atoms with Crippen LogP contribution < -0.4 is 27.4 Å². The number of nitrogens with one attached hydrogen (secondary N) is 3. The van der Waals surface area contributed by atoms with Crippen LogP contribution in [0, 0.1) is 17.8 Å². The van der Waals surface area contributed by atoms with Crippen molar-refractivity contribution in [3.63, 3.8) is 0 Å². The molecule has 0 heterocycles. The number of carbonyl (C=O) groups is 5. The molecule has 0 saturated carbocycles. The number of rotatable bonds is 15. The second kappa shape index (κ2) is 14.5. The number of hydrogen-bond donors (Lipinski definition) is 6. The maximum Gasteiger partial charge on any atom is 0.326 e. The van der Waals surface area contributed by atoms with E-state index >= 15 is 0 Å². The van der Waals surface area contributed by atoms with Crippen LogP contribution in [0.3, 0.4) is 0 Å². The molecule has 190 valence electrons. The average Bonchev–Trinajstić information content (AvgIpc) is 2.72. The van der Waals surface area contributed by atoms with Gasteiger partial charge in [0.25, 0.3) is 0 Å². The highest BCUT2D eigenvalue weighted by atomic mass is 16.4. The molecule has 0 bridgehead atoms. The lowest BCUT2D eigenvalue weighted by Crippen LogP contribution is -2.59. The molecule has 0 saturated heterocycles. The minimum atomic E-state index is -1.32. The summed E-state index contributed by atoms with van der Waals surface area (Å²) >= 11 is 0. The van der Waals surface area contributed by atoms with Gasteiger partial charge in [0.1, 0.15) is 18.1 Å². The molecular weight excluding hydrogens is 430 g/mol. The van der Waals surface area contributed by atoms with E-state index in [4.69, 9.17) is 11.5 Å². The molecule has 0 radical (unpaired) electrons. The quantitative estimate of drug-likeness (QED) is 0.191. The first-order chi connectivity index (χ1) is 15.2. The minimum absolute atomic E-state index is 0.139. The SMILES string of the molecule is CCC(C)C(NC(=O)C(NC(=O)C(CC(N)=O)NC(=O)C(N)CC(C)C)C(C)CC)C(=O)O. The molecule has 0 rings (SSSR count). The number of carboxylic acid groups (broad SMARTS) is 1. The molecule has 0 aromatic rings. The Labute approximate surface area is 195 Å². The van der Waals surface area contributed by atoms with E-state index in [-0.39, 0.29) is 17.8 Å². The topological polar surface area (TPSA) is 194 Å². The van der Waals surface area contributed by atoms with Gasteiger partial charge in [-0.05, 0) is 24.2 Å². The number of carbonyl (C=O) groups excluding carboxylic acids is 4. The lowest BCUT2D eigenvalue weighted by atomic mass is 9.95. The summed E-state index contributed by atoms with van der Waals surface area (Å²) in [5.74, 6) is -4.60. The van der Waals surface area contributed by atoms with Crippen LogP contribution in [0.4, 0.5) is 0 Å². The van der Waals surface area contributed by atoms with Gasteiger partial charge in [-0.1, -0.05) is 54.4 Å². The standard InChI is InChI=1S/C22H41N5O6/c1-7-12(5)17(21(31)27-18(22(32)33)13(6)8-2)26-20(30)15(10-16(24)28)25-19(29)14(23)9-11(3)4/h11-15,17-18H,7-10,23H2,1-6H3,(H2,24,28)(H,25,29)(H,26,30)(H,27,31)(H,32,33). The Morgan fingerprint density at radius 2 is 1.27 bits per heavy atom. The molecule has 0 aliphatic heterocycles. The van der Waals surface area contributed by atoms with Crippen LogP contribution in [0.25, 0.3) is 0 Å². The zero-order valence-electron chi connectivity index (χ0n) is 20.5. The largest absolute Gasteiger partial charge is 0.480 e. The molecule has 0 aromatic heterocycles. The predicted octanol–water partition coefficient (Wildman–Crippen LogP) is -0.134. The fourth-order valence-corrected chi connectivity index (χ4v) is 3.19. The van der Waals surface area contributed by atoms with Crippen molar-refractivity contribution in [1.82, 2.24) is 16.0 Å². The smallest absolute Gasteiger partial charge is 0.326 e. The van der Waals surface area contributed by atoms with Crippen molar-refractivity contribution >= 4 is 29.6 Å². The molecule has 8 N–H and O–H groups in total. The Morgan fingerprint density at radius 1 is 0.788 bits per heavy atom. The first-order valence-electron chi connectivity index (χ1n) is 11.4. The van der Waals surface area contributed by atoms with E-state index in [9.17, 15) is 29.1 Å². The molecule has 4 amide bonds. The summed E-state index contributed by atoms with van der Waals surface area (Å²) < 4.78 is 0. The number of aliphatic carboxylic acids is 1. The van der Waals surface area contributed by atoms with E-state index in [1.807, 2.05) is 27.7 Å². The van der Waals surface area contributed by atoms with Crippen LogP contribution >= 0.6 is 0 Å². The van der Waals surface area contributed by atoms with E-state index in [1.165, 1.54) is 0 Å². The van der Waals surface area contributed by atoms with Gasteiger partial charge in [0.15, 0.2) is 0 Å². The van der Waals surface area contributed by atoms with Gasteiger partial charge >= 0.3 is 5.97 Å². The van der Waals surface area contributed by atoms with Crippen LogP contribution in [0.2, 0.25) is 0 Å². The third kappa shape index (κ3) is 10.6. The van der Waals surface area contributed by atoms with Crippen molar-refractivity contribution in [2.45, 2.75) is 91.4 Å². The van der Waals surface area contributed by atoms with Crippen LogP contribution in [0.5, 0.6) is 0 Å². The van der Waals surface area contributed by atoms with Gasteiger partial charge < -0.3 is 32.5 Å². The summed E-state index contributed by atoms with van der Waals surface area (Å²) in [4.78, 5) is 61.4. The number of nitrogens with two attached hydrogens (primary N) is 2. The van der Waals surface area contributed by atoms with Gasteiger partial charge in [-0.3, -0.25) is 19.2 Å². The molecule has 6 unspecified atom stereocenters. The fraction of sp³-hybridized carbons (Fsp3) is 0.773. The van der Waals surface area contributed by atoms with Crippen LogP contribution in [-0.4, -0.2) is 58.9 Å². The number of carboxylic acids is 1. The average molecular weight is 472 g/mol. The van der Waals surface area contributed by atoms with Crippen LogP contribution in [0.1, 0.15) is 67.2 Å². The van der Waals surface area contributed by atoms with Crippen LogP contribution in [-0.2, 0) is 24.0 Å². The normalized spacial score (nSPS) is 16.6. The Balaban J connectivity index is 5.62. The first kappa shape index (κ1) is 30.3. The summed E-state index contributed by atoms with van der Waals surface area (Å²) in [7, 11) is 0. The summed E-state index contributed by atoms with van der Waals surface area (Å²) in [6, 6.07) is -4.41. The number of amides is 4. The molecule has 0 aliphatic rings. The van der Waals surface area contributed by atoms with E-state index < -0.39 is 60.2 Å². The van der Waals surface area contributed by atoms with Crippen molar-refractivity contribution < 1.29 is 29.1 Å². The van der Waals surface area contributed by atoms with E-state index in [0.717, 1.165) is 0 Å². The minimum Gasteiger partial charge on any atom is -0.480 e. The third-order valence-corrected chi connectivity index (χ3v) is 5.67. The number of hydrogen-bond acceptors (Lipinski definition) is 6. The van der Waals surface area contributed by atoms with Crippen LogP contribution in [0.15, 0.2) is 0 Å². The fourth-order valence-electron chi connectivity index (χ4n) is 3.19. The van der Waals surface area contributed by atoms with Gasteiger partial charge in [-0.25, -0.2) is 4.79 Å². The highest BCUT2D eigenvalue weighted by Crippen LogP contribution is 2.13. The van der Waals surface area contributed by atoms with Gasteiger partial charge in [-0.2, -0.15) is 0 Å². The molecule has 0 spiro atoms. The monoisotopic (exact) mass is 471 g/mol. The summed E-state index contributed by atoms with van der Waals surface area (Å²) in [5.41, 5.74) is 11.1. The maximum atomic E-state index is 12.9. The molecule has 11 heteroatoms. The maximum absolute atomic E-state index is 12.9. The zero-order chi connectivity index (χ0) is 25.9. The van der Waals surface area contributed by atoms with Gasteiger partial charge in [-0.15, -0.1) is 0 Å². The van der Waals surface area contributed by atoms with Crippen molar-refractivity contribution in [1.29, 1.82) is 0 Å². The summed E-state index contributed by atoms with van der Waals surface area (Å²) in [5, 5.41) is 17.0. The van der Waals surface area contributed by atoms with Gasteiger partial charge in [0.2, 0.25) is 23.6 Å². The second-order valence-corrected chi connectivity index (χ2v) is 9.05. The molecule has 0 aromatic carbocycles. The molecular formula is C22H41N5O6. The molecule has 6 atom stereocenters. The van der Waals surface area contributed by atoms with Crippen molar-refractivity contribution in [3.05, 3.63) is 0 Å². The molecule has 0 fully saturated rings. The highest BCUT2D eigenvalue weighted by molar-refractivity contribution is 5.96. The molecule has 33 heavy (non-hydrogen) atoms. The number of primary amides is 1. The van der Waals surface area contributed by atoms with Crippen molar-refractivity contribution in [2.24, 2.45) is 29.2 Å². The lowest BCUT2D eigenvalue weighted by molar-refractivity contribution is -0.144. The zero-order valence-corrected chi connectivity index (χ0v) is 20.5. The third-order valence-electron chi connectivity index (χ3n) is 5.67. The molecule has 0 aliphatic carbocycles. The Hall–Kier alpha value is -2.69. The van der Waals surface area contributed by atoms with Gasteiger partial charge in [0, 0.05) is 0 Å². The van der Waals surface area contributed by atoms with Crippen molar-refractivity contribution in [2.75, 3.05) is 0 Å². The van der Waals surface area contributed by atoms with Gasteiger partial charge in [0.05, 0.1) is 12.5 Å². The molecule has 11 nitrogen and oxygen atoms in total. The summed E-state index contributed by atoms with van der Waals surface area (Å²) in [6.07, 6.45) is 0.929. The Bertz CT molecular complexity index is 699. The first-order valence-corrected chi connectivity index (χ1v) is 11.4. The van der Waals surface area contributed by atoms with E-state index in [1.54, 1.807) is 13.8 Å². The van der Waals surface area contributed by atoms with E-state index in [0.29, 0.717) is 19.3 Å². The Morgan fingerprint density at radius 3 is 1.70 bits per heavy atom. The highest BCUT2D eigenvalue weighted by Gasteiger charge is 2.34. The predicted molar refractivity (Wildman–Crippen MR) is 124 cm³/mol. The lowest BCUT2D eigenvalue weighted by Gasteiger charge is -2.29. The van der Waals surface area contributed by atoms with Crippen molar-refractivity contribution in [3.8, 4) is 0 Å². The second-order valence-electron chi connectivity index (χ2n) is 9.05. The Kier molecular flexibility index (Phi) is 13.3. The van der Waals surface area contributed by atoms with E-state index in [2.05, 4.69) is 16.0 Å². The summed E-state index contributed by atoms with van der Waals surface area (Å²) in [6.45, 7) is 10.8.